The summed E-state index contributed by atoms with van der Waals surface area (Å²) in [6.45, 7) is 3.94. The van der Waals surface area contributed by atoms with Gasteiger partial charge in [0.25, 0.3) is 0 Å². The largest absolute Gasteiger partial charge is 0.296 e. The molecule has 0 amide bonds. The van der Waals surface area contributed by atoms with E-state index in [1.54, 1.807) is 24.3 Å². The van der Waals surface area contributed by atoms with Gasteiger partial charge in [-0.05, 0) is 49.1 Å². The monoisotopic (exact) mass is 392 g/mol. The van der Waals surface area contributed by atoms with E-state index >= 15 is 0 Å². The highest BCUT2D eigenvalue weighted by atomic mass is 35.5. The van der Waals surface area contributed by atoms with Crippen molar-refractivity contribution in [3.05, 3.63) is 65.2 Å². The summed E-state index contributed by atoms with van der Waals surface area (Å²) < 4.78 is 27.8. The first kappa shape index (κ1) is 19.4. The van der Waals surface area contributed by atoms with Crippen LogP contribution in [0.2, 0.25) is 5.02 Å². The van der Waals surface area contributed by atoms with Crippen LogP contribution >= 0.6 is 11.6 Å². The smallest absolute Gasteiger partial charge is 0.240 e. The Morgan fingerprint density at radius 1 is 1.08 bits per heavy atom. The number of sulfonamides is 1. The van der Waals surface area contributed by atoms with Gasteiger partial charge in [-0.1, -0.05) is 48.9 Å². The number of benzene rings is 2. The fourth-order valence-electron chi connectivity index (χ4n) is 3.61. The maximum absolute atomic E-state index is 12.5. The van der Waals surface area contributed by atoms with Gasteiger partial charge in [0.15, 0.2) is 0 Å². The van der Waals surface area contributed by atoms with Crippen LogP contribution in [0.1, 0.15) is 37.8 Å². The van der Waals surface area contributed by atoms with E-state index in [1.165, 1.54) is 5.56 Å². The van der Waals surface area contributed by atoms with Crippen LogP contribution < -0.4 is 4.72 Å². The molecule has 0 aliphatic carbocycles. The molecule has 6 heteroatoms. The third kappa shape index (κ3) is 4.65. The van der Waals surface area contributed by atoms with Crippen molar-refractivity contribution in [2.45, 2.75) is 43.2 Å². The number of nitrogens with zero attached hydrogens (tertiary/aromatic N) is 1. The molecule has 0 spiro atoms. The summed E-state index contributed by atoms with van der Waals surface area (Å²) in [7, 11) is -3.44. The van der Waals surface area contributed by atoms with Gasteiger partial charge < -0.3 is 0 Å². The minimum Gasteiger partial charge on any atom is -0.296 e. The summed E-state index contributed by atoms with van der Waals surface area (Å²) in [5.41, 5.74) is 1.26. The summed E-state index contributed by atoms with van der Waals surface area (Å²) >= 11 is 6.00. The zero-order chi connectivity index (χ0) is 18.6. The average molecular weight is 393 g/mol. The van der Waals surface area contributed by atoms with Crippen molar-refractivity contribution < 1.29 is 8.42 Å². The highest BCUT2D eigenvalue weighted by Crippen LogP contribution is 2.28. The van der Waals surface area contributed by atoms with Crippen LogP contribution in [0, 0.1) is 0 Å². The van der Waals surface area contributed by atoms with Crippen LogP contribution in [0.25, 0.3) is 0 Å². The predicted molar refractivity (Wildman–Crippen MR) is 106 cm³/mol. The molecule has 3 rings (SSSR count). The SMILES string of the molecule is CCC(c1ccc(Cl)cc1)N1CCC(NS(=O)(=O)c2ccccc2)CC1. The summed E-state index contributed by atoms with van der Waals surface area (Å²) in [4.78, 5) is 2.77. The van der Waals surface area contributed by atoms with E-state index in [-0.39, 0.29) is 6.04 Å². The highest BCUT2D eigenvalue weighted by molar-refractivity contribution is 7.89. The number of likely N-dealkylation sites (tertiary alicyclic amines) is 1. The second-order valence-electron chi connectivity index (χ2n) is 6.72. The van der Waals surface area contributed by atoms with E-state index in [4.69, 9.17) is 11.6 Å². The molecule has 140 valence electrons. The average Bonchev–Trinajstić information content (AvgIpc) is 2.66. The summed E-state index contributed by atoms with van der Waals surface area (Å²) in [6, 6.07) is 16.9. The zero-order valence-electron chi connectivity index (χ0n) is 14.9. The quantitative estimate of drug-likeness (QED) is 0.800. The fourth-order valence-corrected chi connectivity index (χ4v) is 5.06. The molecule has 1 N–H and O–H groups in total. The van der Waals surface area contributed by atoms with Crippen LogP contribution in [0.4, 0.5) is 0 Å². The van der Waals surface area contributed by atoms with Gasteiger partial charge in [0.05, 0.1) is 4.90 Å². The van der Waals surface area contributed by atoms with Crippen LogP contribution in [-0.4, -0.2) is 32.4 Å². The van der Waals surface area contributed by atoms with Gasteiger partial charge in [0.1, 0.15) is 0 Å². The normalized spacial score (nSPS) is 17.9. The third-order valence-electron chi connectivity index (χ3n) is 4.99. The first-order valence-electron chi connectivity index (χ1n) is 9.06. The second-order valence-corrected chi connectivity index (χ2v) is 8.87. The predicted octanol–water partition coefficient (Wildman–Crippen LogP) is 4.23. The molecule has 2 aromatic carbocycles. The lowest BCUT2D eigenvalue weighted by Crippen LogP contribution is -2.45. The van der Waals surface area contributed by atoms with Crippen LogP contribution in [0.3, 0.4) is 0 Å². The fraction of sp³-hybridized carbons (Fsp3) is 0.400. The Bertz CT molecular complexity index is 801. The molecule has 1 heterocycles. The molecule has 0 aromatic heterocycles. The third-order valence-corrected chi connectivity index (χ3v) is 6.78. The number of hydrogen-bond acceptors (Lipinski definition) is 3. The molecule has 0 saturated carbocycles. The van der Waals surface area contributed by atoms with Crippen LogP contribution in [0.15, 0.2) is 59.5 Å². The van der Waals surface area contributed by atoms with Crippen molar-refractivity contribution in [1.82, 2.24) is 9.62 Å². The van der Waals surface area contributed by atoms with E-state index in [2.05, 4.69) is 28.7 Å². The van der Waals surface area contributed by atoms with E-state index in [0.717, 1.165) is 37.4 Å². The standard InChI is InChI=1S/C20H25ClN2O2S/c1-2-20(16-8-10-17(21)11-9-16)23-14-12-18(13-15-23)22-26(24,25)19-6-4-3-5-7-19/h3-11,18,20,22H,2,12-15H2,1H3. The van der Waals surface area contributed by atoms with Gasteiger partial charge in [-0.15, -0.1) is 0 Å². The highest BCUT2D eigenvalue weighted by Gasteiger charge is 2.28. The molecular weight excluding hydrogens is 368 g/mol. The molecule has 0 bridgehead atoms. The lowest BCUT2D eigenvalue weighted by molar-refractivity contribution is 0.145. The molecular formula is C20H25ClN2O2S. The molecule has 1 saturated heterocycles. The number of halogens is 1. The lowest BCUT2D eigenvalue weighted by Gasteiger charge is -2.37. The van der Waals surface area contributed by atoms with Crippen molar-refractivity contribution in [2.24, 2.45) is 0 Å². The van der Waals surface area contributed by atoms with Crippen LogP contribution in [-0.2, 0) is 10.0 Å². The first-order chi connectivity index (χ1) is 12.5. The number of rotatable bonds is 6. The first-order valence-corrected chi connectivity index (χ1v) is 10.9. The molecule has 2 aromatic rings. The Hall–Kier alpha value is -1.40. The van der Waals surface area contributed by atoms with Crippen molar-refractivity contribution in [1.29, 1.82) is 0 Å². The van der Waals surface area contributed by atoms with E-state index in [1.807, 2.05) is 18.2 Å². The Morgan fingerprint density at radius 3 is 2.27 bits per heavy atom. The molecule has 26 heavy (non-hydrogen) atoms. The van der Waals surface area contributed by atoms with E-state index < -0.39 is 10.0 Å². The number of nitrogens with one attached hydrogen (secondary N) is 1. The van der Waals surface area contributed by atoms with Gasteiger partial charge in [0, 0.05) is 30.2 Å². The molecule has 1 fully saturated rings. The maximum Gasteiger partial charge on any atom is 0.240 e. The summed E-state index contributed by atoms with van der Waals surface area (Å²) in [5.74, 6) is 0. The summed E-state index contributed by atoms with van der Waals surface area (Å²) in [6.07, 6.45) is 2.65. The molecule has 0 radical (unpaired) electrons. The van der Waals surface area contributed by atoms with Gasteiger partial charge in [-0.25, -0.2) is 13.1 Å². The van der Waals surface area contributed by atoms with Gasteiger partial charge in [-0.3, -0.25) is 4.90 Å². The Balaban J connectivity index is 1.61. The van der Waals surface area contributed by atoms with Crippen molar-refractivity contribution in [2.75, 3.05) is 13.1 Å². The Labute approximate surface area is 161 Å². The van der Waals surface area contributed by atoms with Crippen molar-refractivity contribution >= 4 is 21.6 Å². The minimum atomic E-state index is -3.44. The van der Waals surface area contributed by atoms with Gasteiger partial charge in [-0.2, -0.15) is 0 Å². The van der Waals surface area contributed by atoms with Crippen molar-refractivity contribution in [3.8, 4) is 0 Å². The zero-order valence-corrected chi connectivity index (χ0v) is 16.5. The number of piperidine rings is 1. The minimum absolute atomic E-state index is 0.0146. The lowest BCUT2D eigenvalue weighted by atomic mass is 9.98. The van der Waals surface area contributed by atoms with E-state index in [0.29, 0.717) is 10.9 Å². The van der Waals surface area contributed by atoms with Gasteiger partial charge >= 0.3 is 0 Å². The topological polar surface area (TPSA) is 49.4 Å². The Kier molecular flexibility index (Phi) is 6.35. The molecule has 1 unspecified atom stereocenters. The van der Waals surface area contributed by atoms with E-state index in [9.17, 15) is 8.42 Å². The van der Waals surface area contributed by atoms with Gasteiger partial charge in [0.2, 0.25) is 10.0 Å². The maximum atomic E-state index is 12.5. The number of hydrogen-bond donors (Lipinski definition) is 1. The summed E-state index contributed by atoms with van der Waals surface area (Å²) in [5, 5.41) is 0.748. The molecule has 1 atom stereocenters. The van der Waals surface area contributed by atoms with Crippen molar-refractivity contribution in [3.63, 3.8) is 0 Å². The Morgan fingerprint density at radius 2 is 1.69 bits per heavy atom. The molecule has 4 nitrogen and oxygen atoms in total. The van der Waals surface area contributed by atoms with Crippen LogP contribution in [0.5, 0.6) is 0 Å². The second kappa shape index (κ2) is 8.53. The molecule has 1 aliphatic heterocycles. The molecule has 1 aliphatic rings.